The van der Waals surface area contributed by atoms with Gasteiger partial charge in [0.2, 0.25) is 5.13 Å². The van der Waals surface area contributed by atoms with Crippen LogP contribution < -0.4 is 0 Å². The molecule has 62 valence electrons. The SMILES string of the molecule is CCc1nccn1-c1nncs1. The van der Waals surface area contributed by atoms with E-state index in [0.717, 1.165) is 17.4 Å². The van der Waals surface area contributed by atoms with E-state index < -0.39 is 0 Å². The van der Waals surface area contributed by atoms with Gasteiger partial charge in [0.1, 0.15) is 11.3 Å². The summed E-state index contributed by atoms with van der Waals surface area (Å²) < 4.78 is 1.96. The molecule has 0 spiro atoms. The zero-order valence-corrected chi connectivity index (χ0v) is 7.45. The van der Waals surface area contributed by atoms with Gasteiger partial charge in [-0.25, -0.2) is 4.98 Å². The van der Waals surface area contributed by atoms with E-state index in [0.29, 0.717) is 0 Å². The molecule has 0 aliphatic heterocycles. The second-order valence-corrected chi connectivity index (χ2v) is 3.10. The molecule has 0 unspecified atom stereocenters. The van der Waals surface area contributed by atoms with E-state index in [1.54, 1.807) is 11.7 Å². The Morgan fingerprint density at radius 2 is 2.50 bits per heavy atom. The predicted molar refractivity (Wildman–Crippen MR) is 46.4 cm³/mol. The van der Waals surface area contributed by atoms with E-state index in [-0.39, 0.29) is 0 Å². The van der Waals surface area contributed by atoms with Crippen LogP contribution in [0.4, 0.5) is 0 Å². The fraction of sp³-hybridized carbons (Fsp3) is 0.286. The van der Waals surface area contributed by atoms with Gasteiger partial charge in [-0.05, 0) is 0 Å². The molecule has 0 saturated carbocycles. The van der Waals surface area contributed by atoms with Crippen molar-refractivity contribution in [2.75, 3.05) is 0 Å². The zero-order chi connectivity index (χ0) is 8.39. The van der Waals surface area contributed by atoms with Gasteiger partial charge in [-0.1, -0.05) is 18.3 Å². The summed E-state index contributed by atoms with van der Waals surface area (Å²) in [4.78, 5) is 4.19. The third-order valence-corrected chi connectivity index (χ3v) is 2.28. The number of hydrogen-bond donors (Lipinski definition) is 0. The summed E-state index contributed by atoms with van der Waals surface area (Å²) in [5, 5.41) is 8.61. The maximum Gasteiger partial charge on any atom is 0.217 e. The Hall–Kier alpha value is -1.23. The maximum absolute atomic E-state index is 4.19. The molecule has 2 aromatic heterocycles. The van der Waals surface area contributed by atoms with Gasteiger partial charge in [-0.15, -0.1) is 10.2 Å². The molecule has 0 fully saturated rings. The molecule has 2 heterocycles. The molecular weight excluding hydrogens is 172 g/mol. The van der Waals surface area contributed by atoms with Crippen LogP contribution in [0.2, 0.25) is 0 Å². The molecule has 4 nitrogen and oxygen atoms in total. The first-order valence-corrected chi connectivity index (χ1v) is 4.58. The molecule has 0 atom stereocenters. The lowest BCUT2D eigenvalue weighted by molar-refractivity contribution is 0.866. The van der Waals surface area contributed by atoms with Crippen molar-refractivity contribution in [2.45, 2.75) is 13.3 Å². The van der Waals surface area contributed by atoms with Gasteiger partial charge in [-0.2, -0.15) is 0 Å². The van der Waals surface area contributed by atoms with Crippen LogP contribution in [0.25, 0.3) is 5.13 Å². The Labute approximate surface area is 73.9 Å². The van der Waals surface area contributed by atoms with E-state index in [9.17, 15) is 0 Å². The first-order chi connectivity index (χ1) is 5.92. The normalized spacial score (nSPS) is 10.4. The summed E-state index contributed by atoms with van der Waals surface area (Å²) in [6.45, 7) is 2.07. The first-order valence-electron chi connectivity index (χ1n) is 3.70. The van der Waals surface area contributed by atoms with Gasteiger partial charge < -0.3 is 0 Å². The average Bonchev–Trinajstić information content (AvgIpc) is 2.74. The van der Waals surface area contributed by atoms with Crippen LogP contribution in [0.15, 0.2) is 17.9 Å². The van der Waals surface area contributed by atoms with Gasteiger partial charge in [0.25, 0.3) is 0 Å². The van der Waals surface area contributed by atoms with Crippen molar-refractivity contribution in [3.63, 3.8) is 0 Å². The van der Waals surface area contributed by atoms with Gasteiger partial charge >= 0.3 is 0 Å². The lowest BCUT2D eigenvalue weighted by Crippen LogP contribution is -1.97. The Kier molecular flexibility index (Phi) is 1.87. The summed E-state index contributed by atoms with van der Waals surface area (Å²) in [5.74, 6) is 1.02. The summed E-state index contributed by atoms with van der Waals surface area (Å²) in [6.07, 6.45) is 4.59. The average molecular weight is 180 g/mol. The van der Waals surface area contributed by atoms with E-state index in [1.807, 2.05) is 10.8 Å². The highest BCUT2D eigenvalue weighted by Crippen LogP contribution is 2.11. The summed E-state index contributed by atoms with van der Waals surface area (Å²) in [6, 6.07) is 0. The smallest absolute Gasteiger partial charge is 0.217 e. The fourth-order valence-corrected chi connectivity index (χ4v) is 1.60. The first kappa shape index (κ1) is 7.42. The minimum atomic E-state index is 0.879. The topological polar surface area (TPSA) is 43.6 Å². The number of imidazole rings is 1. The summed E-state index contributed by atoms with van der Waals surface area (Å²) >= 11 is 1.51. The number of hydrogen-bond acceptors (Lipinski definition) is 4. The largest absolute Gasteiger partial charge is 0.278 e. The molecule has 0 aliphatic rings. The molecule has 0 bridgehead atoms. The molecule has 0 amide bonds. The Morgan fingerprint density at radius 3 is 3.17 bits per heavy atom. The Balaban J connectivity index is 2.46. The Morgan fingerprint density at radius 1 is 1.58 bits per heavy atom. The lowest BCUT2D eigenvalue weighted by atomic mass is 10.5. The molecular formula is C7H8N4S. The highest BCUT2D eigenvalue weighted by molar-refractivity contribution is 7.11. The van der Waals surface area contributed by atoms with Crippen molar-refractivity contribution in [2.24, 2.45) is 0 Å². The highest BCUT2D eigenvalue weighted by Gasteiger charge is 2.04. The van der Waals surface area contributed by atoms with Crippen LogP contribution in [0.3, 0.4) is 0 Å². The zero-order valence-electron chi connectivity index (χ0n) is 6.64. The minimum Gasteiger partial charge on any atom is -0.278 e. The number of aryl methyl sites for hydroxylation is 1. The van der Waals surface area contributed by atoms with Crippen molar-refractivity contribution >= 4 is 11.3 Å². The van der Waals surface area contributed by atoms with E-state index in [2.05, 4.69) is 22.1 Å². The van der Waals surface area contributed by atoms with E-state index in [1.165, 1.54) is 11.3 Å². The van der Waals surface area contributed by atoms with Crippen LogP contribution >= 0.6 is 11.3 Å². The van der Waals surface area contributed by atoms with Crippen LogP contribution in [-0.2, 0) is 6.42 Å². The minimum absolute atomic E-state index is 0.879. The molecule has 0 aliphatic carbocycles. The predicted octanol–water partition coefficient (Wildman–Crippen LogP) is 1.29. The van der Waals surface area contributed by atoms with Crippen LogP contribution in [0, 0.1) is 0 Å². The number of rotatable bonds is 2. The molecule has 12 heavy (non-hydrogen) atoms. The molecule has 2 aromatic rings. The maximum atomic E-state index is 4.19. The third-order valence-electron chi connectivity index (χ3n) is 1.59. The quantitative estimate of drug-likeness (QED) is 0.699. The monoisotopic (exact) mass is 180 g/mol. The summed E-state index contributed by atoms with van der Waals surface area (Å²) in [5.41, 5.74) is 1.72. The standard InChI is InChI=1S/C7H8N4S/c1-2-6-8-3-4-11(6)7-10-9-5-12-7/h3-5H,2H2,1H3. The summed E-state index contributed by atoms with van der Waals surface area (Å²) in [7, 11) is 0. The van der Waals surface area contributed by atoms with Crippen molar-refractivity contribution in [3.8, 4) is 5.13 Å². The molecule has 0 N–H and O–H groups in total. The highest BCUT2D eigenvalue weighted by atomic mass is 32.1. The second kappa shape index (κ2) is 3.02. The van der Waals surface area contributed by atoms with Crippen LogP contribution in [0.5, 0.6) is 0 Å². The molecule has 0 radical (unpaired) electrons. The second-order valence-electron chi connectivity index (χ2n) is 2.29. The van der Waals surface area contributed by atoms with Crippen molar-refractivity contribution in [3.05, 3.63) is 23.7 Å². The van der Waals surface area contributed by atoms with Crippen molar-refractivity contribution < 1.29 is 0 Å². The van der Waals surface area contributed by atoms with Crippen molar-refractivity contribution in [1.29, 1.82) is 0 Å². The molecule has 0 aromatic carbocycles. The van der Waals surface area contributed by atoms with E-state index in [4.69, 9.17) is 0 Å². The van der Waals surface area contributed by atoms with Crippen LogP contribution in [-0.4, -0.2) is 19.7 Å². The van der Waals surface area contributed by atoms with Gasteiger partial charge in [0.15, 0.2) is 0 Å². The van der Waals surface area contributed by atoms with E-state index >= 15 is 0 Å². The third kappa shape index (κ3) is 1.12. The van der Waals surface area contributed by atoms with Gasteiger partial charge in [0.05, 0.1) is 0 Å². The Bertz CT molecular complexity index is 351. The number of nitrogens with zero attached hydrogens (tertiary/aromatic N) is 4. The van der Waals surface area contributed by atoms with Crippen molar-refractivity contribution in [1.82, 2.24) is 19.7 Å². The van der Waals surface area contributed by atoms with Crippen LogP contribution in [0.1, 0.15) is 12.7 Å². The fourth-order valence-electron chi connectivity index (χ4n) is 1.04. The van der Waals surface area contributed by atoms with Gasteiger partial charge in [-0.3, -0.25) is 4.57 Å². The molecule has 0 saturated heterocycles. The number of aromatic nitrogens is 4. The molecule has 5 heteroatoms. The van der Waals surface area contributed by atoms with Gasteiger partial charge in [0, 0.05) is 18.8 Å². The molecule has 2 rings (SSSR count). The lowest BCUT2D eigenvalue weighted by Gasteiger charge is -1.98.